The van der Waals surface area contributed by atoms with Gasteiger partial charge < -0.3 is 19.1 Å². The minimum atomic E-state index is -0.203. The predicted octanol–water partition coefficient (Wildman–Crippen LogP) is 4.74. The fourth-order valence-corrected chi connectivity index (χ4v) is 4.73. The van der Waals surface area contributed by atoms with Crippen LogP contribution in [0, 0.1) is 0 Å². The molecule has 0 saturated heterocycles. The standard InChI is InChI=1S/C22H23Cl2N3O4S/c1-26(2)6-3-7-27(21(28)13-31-17-5-4-14(23)10-15(17)24)22-25-16-11-18-19(12-20(16)32-22)30-9-8-29-18/h4-5,10-12H,3,6-9,13H2,1-2H3. The van der Waals surface area contributed by atoms with Crippen molar-refractivity contribution in [3.63, 3.8) is 0 Å². The molecule has 0 bridgehead atoms. The van der Waals surface area contributed by atoms with Crippen molar-refractivity contribution in [2.45, 2.75) is 6.42 Å². The minimum absolute atomic E-state index is 0.165. The summed E-state index contributed by atoms with van der Waals surface area (Å²) in [5.41, 5.74) is 0.765. The van der Waals surface area contributed by atoms with Crippen LogP contribution in [0.1, 0.15) is 6.42 Å². The summed E-state index contributed by atoms with van der Waals surface area (Å²) >= 11 is 13.5. The van der Waals surface area contributed by atoms with E-state index in [4.69, 9.17) is 42.4 Å². The van der Waals surface area contributed by atoms with Crippen LogP contribution in [0.3, 0.4) is 0 Å². The first-order chi connectivity index (χ1) is 15.4. The van der Waals surface area contributed by atoms with Gasteiger partial charge in [-0.05, 0) is 45.3 Å². The largest absolute Gasteiger partial charge is 0.486 e. The van der Waals surface area contributed by atoms with Crippen LogP contribution < -0.4 is 19.1 Å². The first-order valence-corrected chi connectivity index (χ1v) is 11.7. The molecule has 0 fully saturated rings. The zero-order chi connectivity index (χ0) is 22.7. The average Bonchev–Trinajstić information content (AvgIpc) is 3.16. The molecule has 32 heavy (non-hydrogen) atoms. The SMILES string of the molecule is CN(C)CCCN(C(=O)COc1ccc(Cl)cc1Cl)c1nc2cc3c(cc2s1)OCCO3. The molecule has 0 N–H and O–H groups in total. The van der Waals surface area contributed by atoms with Crippen molar-refractivity contribution in [2.75, 3.05) is 51.9 Å². The molecule has 0 aliphatic carbocycles. The van der Waals surface area contributed by atoms with Gasteiger partial charge in [-0.3, -0.25) is 9.69 Å². The van der Waals surface area contributed by atoms with Crippen LogP contribution in [0.15, 0.2) is 30.3 Å². The van der Waals surface area contributed by atoms with Gasteiger partial charge in [0.05, 0.1) is 15.2 Å². The van der Waals surface area contributed by atoms with Crippen molar-refractivity contribution in [2.24, 2.45) is 0 Å². The molecule has 1 aromatic heterocycles. The zero-order valence-electron chi connectivity index (χ0n) is 17.8. The van der Waals surface area contributed by atoms with E-state index >= 15 is 0 Å². The monoisotopic (exact) mass is 495 g/mol. The second-order valence-corrected chi connectivity index (χ2v) is 9.38. The maximum atomic E-state index is 13.1. The number of nitrogens with zero attached hydrogens (tertiary/aromatic N) is 3. The number of carbonyl (C=O) groups is 1. The number of amides is 1. The van der Waals surface area contributed by atoms with Gasteiger partial charge in [-0.15, -0.1) is 0 Å². The highest BCUT2D eigenvalue weighted by molar-refractivity contribution is 7.22. The fraction of sp³-hybridized carbons (Fsp3) is 0.364. The highest BCUT2D eigenvalue weighted by atomic mass is 35.5. The van der Waals surface area contributed by atoms with Gasteiger partial charge in [0.15, 0.2) is 23.2 Å². The lowest BCUT2D eigenvalue weighted by Gasteiger charge is -2.21. The Hall–Kier alpha value is -2.26. The Kier molecular flexibility index (Phi) is 7.25. The Balaban J connectivity index is 1.55. The third-order valence-corrected chi connectivity index (χ3v) is 6.38. The number of aromatic nitrogens is 1. The van der Waals surface area contributed by atoms with Crippen molar-refractivity contribution >= 4 is 55.8 Å². The van der Waals surface area contributed by atoms with Gasteiger partial charge in [-0.25, -0.2) is 4.98 Å². The van der Waals surface area contributed by atoms with Crippen LogP contribution in [0.4, 0.5) is 5.13 Å². The Labute approximate surface area is 200 Å². The van der Waals surface area contributed by atoms with Crippen molar-refractivity contribution in [1.82, 2.24) is 9.88 Å². The van der Waals surface area contributed by atoms with Crippen LogP contribution in [-0.4, -0.2) is 62.8 Å². The average molecular weight is 496 g/mol. The van der Waals surface area contributed by atoms with E-state index in [0.717, 1.165) is 23.2 Å². The summed E-state index contributed by atoms with van der Waals surface area (Å²) < 4.78 is 17.9. The molecular formula is C22H23Cl2N3O4S. The van der Waals surface area contributed by atoms with Gasteiger partial charge in [0.25, 0.3) is 5.91 Å². The third kappa shape index (κ3) is 5.38. The molecule has 2 aromatic carbocycles. The van der Waals surface area contributed by atoms with Crippen LogP contribution in [0.5, 0.6) is 17.2 Å². The maximum Gasteiger partial charge on any atom is 0.266 e. The zero-order valence-corrected chi connectivity index (χ0v) is 20.1. The summed E-state index contributed by atoms with van der Waals surface area (Å²) in [6.45, 7) is 2.22. The quantitative estimate of drug-likeness (QED) is 0.449. The molecule has 10 heteroatoms. The van der Waals surface area contributed by atoms with Crippen LogP contribution in [0.25, 0.3) is 10.2 Å². The third-order valence-electron chi connectivity index (χ3n) is 4.81. The molecule has 7 nitrogen and oxygen atoms in total. The number of carbonyl (C=O) groups excluding carboxylic acids is 1. The lowest BCUT2D eigenvalue weighted by Crippen LogP contribution is -2.36. The van der Waals surface area contributed by atoms with E-state index in [0.29, 0.717) is 52.2 Å². The first kappa shape index (κ1) is 22.9. The van der Waals surface area contributed by atoms with Gasteiger partial charge >= 0.3 is 0 Å². The van der Waals surface area contributed by atoms with Crippen LogP contribution >= 0.6 is 34.5 Å². The van der Waals surface area contributed by atoms with Crippen molar-refractivity contribution in [3.05, 3.63) is 40.4 Å². The number of thiazole rings is 1. The smallest absolute Gasteiger partial charge is 0.266 e. The van der Waals surface area contributed by atoms with Crippen LogP contribution in [-0.2, 0) is 4.79 Å². The minimum Gasteiger partial charge on any atom is -0.486 e. The number of hydrogen-bond donors (Lipinski definition) is 0. The lowest BCUT2D eigenvalue weighted by atomic mass is 10.3. The van der Waals surface area contributed by atoms with Gasteiger partial charge in [0, 0.05) is 23.7 Å². The fourth-order valence-electron chi connectivity index (χ4n) is 3.25. The molecule has 0 unspecified atom stereocenters. The van der Waals surface area contributed by atoms with E-state index in [-0.39, 0.29) is 12.5 Å². The van der Waals surface area contributed by atoms with Gasteiger partial charge in [-0.1, -0.05) is 34.5 Å². The first-order valence-electron chi connectivity index (χ1n) is 10.1. The molecule has 0 radical (unpaired) electrons. The summed E-state index contributed by atoms with van der Waals surface area (Å²) in [5.74, 6) is 1.58. The van der Waals surface area contributed by atoms with E-state index < -0.39 is 0 Å². The van der Waals surface area contributed by atoms with Gasteiger partial charge in [0.2, 0.25) is 0 Å². The normalized spacial score (nSPS) is 12.9. The number of rotatable bonds is 8. The molecule has 2 heterocycles. The number of hydrogen-bond acceptors (Lipinski definition) is 7. The lowest BCUT2D eigenvalue weighted by molar-refractivity contribution is -0.120. The van der Waals surface area contributed by atoms with E-state index in [1.165, 1.54) is 11.3 Å². The maximum absolute atomic E-state index is 13.1. The molecule has 1 aliphatic heterocycles. The predicted molar refractivity (Wildman–Crippen MR) is 128 cm³/mol. The molecule has 170 valence electrons. The molecule has 1 amide bonds. The second-order valence-electron chi connectivity index (χ2n) is 7.53. The number of benzene rings is 2. The highest BCUT2D eigenvalue weighted by Gasteiger charge is 2.22. The number of anilines is 1. The summed E-state index contributed by atoms with van der Waals surface area (Å²) in [7, 11) is 4.00. The summed E-state index contributed by atoms with van der Waals surface area (Å²) in [5, 5.41) is 1.47. The second kappa shape index (κ2) is 10.1. The van der Waals surface area contributed by atoms with Crippen molar-refractivity contribution < 1.29 is 19.0 Å². The molecule has 1 aliphatic rings. The van der Waals surface area contributed by atoms with E-state index in [1.807, 2.05) is 26.2 Å². The molecule has 0 spiro atoms. The molecule has 4 rings (SSSR count). The highest BCUT2D eigenvalue weighted by Crippen LogP contribution is 2.39. The summed E-state index contributed by atoms with van der Waals surface area (Å²) in [6.07, 6.45) is 0.791. The number of halogens is 2. The molecule has 0 saturated carbocycles. The van der Waals surface area contributed by atoms with Crippen molar-refractivity contribution in [1.29, 1.82) is 0 Å². The number of fused-ring (bicyclic) bond motifs is 2. The Morgan fingerprint density at radius 2 is 1.88 bits per heavy atom. The number of ether oxygens (including phenoxy) is 3. The summed E-state index contributed by atoms with van der Waals surface area (Å²) in [6, 6.07) is 8.67. The Morgan fingerprint density at radius 1 is 1.12 bits per heavy atom. The molecular weight excluding hydrogens is 473 g/mol. The Bertz CT molecular complexity index is 1080. The van der Waals surface area contributed by atoms with Crippen molar-refractivity contribution in [3.8, 4) is 17.2 Å². The molecule has 0 atom stereocenters. The van der Waals surface area contributed by atoms with E-state index in [1.54, 1.807) is 23.1 Å². The Morgan fingerprint density at radius 3 is 2.59 bits per heavy atom. The van der Waals surface area contributed by atoms with Gasteiger partial charge in [0.1, 0.15) is 19.0 Å². The summed E-state index contributed by atoms with van der Waals surface area (Å²) in [4.78, 5) is 21.6. The van der Waals surface area contributed by atoms with Crippen LogP contribution in [0.2, 0.25) is 10.0 Å². The topological polar surface area (TPSA) is 64.1 Å². The van der Waals surface area contributed by atoms with Gasteiger partial charge in [-0.2, -0.15) is 0 Å². The van der Waals surface area contributed by atoms with E-state index in [2.05, 4.69) is 4.90 Å². The van der Waals surface area contributed by atoms with E-state index in [9.17, 15) is 4.79 Å². The molecule has 3 aromatic rings.